The normalized spacial score (nSPS) is 14.1. The lowest BCUT2D eigenvalue weighted by atomic mass is 10.1. The molecule has 0 saturated heterocycles. The standard InChI is InChI=1S/C45H82NO7P/c1-3-5-7-9-11-13-15-17-19-21-22-23-24-26-28-30-32-34-36-38-45(47)53-44(43-52-54(48,49)51-41-39-46)42-50-40-37-35-33-31-29-27-25-20-18-16-14-12-10-8-6-4-2/h5,7,11,13,17-20,22-23,44H,3-4,6,8-10,12,14-16,21,24-43,46H2,1-2H3,(H,48,49)/b7-5-,13-11-,19-17-,20-18-,23-22-. The first-order chi connectivity index (χ1) is 26.4. The average molecular weight is 780 g/mol. The fourth-order valence-corrected chi connectivity index (χ4v) is 6.51. The van der Waals surface area contributed by atoms with Crippen LogP contribution in [0.5, 0.6) is 0 Å². The Labute approximate surface area is 332 Å². The van der Waals surface area contributed by atoms with Crippen LogP contribution in [0.1, 0.15) is 181 Å². The molecule has 0 fully saturated rings. The van der Waals surface area contributed by atoms with Gasteiger partial charge in [0.05, 0.1) is 19.8 Å². The highest BCUT2D eigenvalue weighted by atomic mass is 31.2. The Morgan fingerprint density at radius 2 is 1.04 bits per heavy atom. The zero-order valence-corrected chi connectivity index (χ0v) is 35.6. The molecule has 0 aromatic carbocycles. The average Bonchev–Trinajstić information content (AvgIpc) is 3.16. The van der Waals surface area contributed by atoms with E-state index in [1.54, 1.807) is 0 Å². The quantitative estimate of drug-likeness (QED) is 0.0273. The largest absolute Gasteiger partial charge is 0.472 e. The number of carbonyl (C=O) groups excluding carboxylic acids is 1. The molecule has 0 heterocycles. The minimum absolute atomic E-state index is 0.0943. The number of hydrogen-bond donors (Lipinski definition) is 2. The number of unbranched alkanes of at least 4 members (excludes halogenated alkanes) is 18. The molecule has 0 aliphatic rings. The van der Waals surface area contributed by atoms with Crippen molar-refractivity contribution in [1.29, 1.82) is 0 Å². The number of nitrogens with two attached hydrogens (primary N) is 1. The minimum Gasteiger partial charge on any atom is -0.457 e. The van der Waals surface area contributed by atoms with E-state index >= 15 is 0 Å². The molecule has 2 unspecified atom stereocenters. The van der Waals surface area contributed by atoms with E-state index in [4.69, 9.17) is 24.3 Å². The Kier molecular flexibility index (Phi) is 40.9. The van der Waals surface area contributed by atoms with E-state index in [1.807, 2.05) is 0 Å². The summed E-state index contributed by atoms with van der Waals surface area (Å²) in [5.74, 6) is -0.348. The first kappa shape index (κ1) is 52.2. The zero-order chi connectivity index (χ0) is 39.5. The third-order valence-corrected chi connectivity index (χ3v) is 9.90. The van der Waals surface area contributed by atoms with Crippen LogP contribution >= 0.6 is 7.82 Å². The second-order valence-corrected chi connectivity index (χ2v) is 15.6. The van der Waals surface area contributed by atoms with Gasteiger partial charge in [-0.3, -0.25) is 13.8 Å². The molecule has 0 rings (SSSR count). The fraction of sp³-hybridized carbons (Fsp3) is 0.756. The maximum atomic E-state index is 12.6. The number of allylic oxidation sites excluding steroid dienone is 10. The summed E-state index contributed by atoms with van der Waals surface area (Å²) in [6.07, 6.45) is 50.9. The predicted octanol–water partition coefficient (Wildman–Crippen LogP) is 13.0. The van der Waals surface area contributed by atoms with Crippen LogP contribution in [0.3, 0.4) is 0 Å². The maximum Gasteiger partial charge on any atom is 0.472 e. The lowest BCUT2D eigenvalue weighted by Crippen LogP contribution is -2.28. The van der Waals surface area contributed by atoms with E-state index in [9.17, 15) is 14.3 Å². The van der Waals surface area contributed by atoms with E-state index in [1.165, 1.54) is 89.9 Å². The van der Waals surface area contributed by atoms with Crippen LogP contribution in [0.2, 0.25) is 0 Å². The van der Waals surface area contributed by atoms with Crippen LogP contribution in [0.25, 0.3) is 0 Å². The van der Waals surface area contributed by atoms with Crippen LogP contribution < -0.4 is 5.73 Å². The summed E-state index contributed by atoms with van der Waals surface area (Å²) in [6.45, 7) is 4.77. The highest BCUT2D eigenvalue weighted by molar-refractivity contribution is 7.47. The van der Waals surface area contributed by atoms with Crippen molar-refractivity contribution in [2.75, 3.05) is 33.0 Å². The number of carbonyl (C=O) groups is 1. The second-order valence-electron chi connectivity index (χ2n) is 14.2. The van der Waals surface area contributed by atoms with Crippen molar-refractivity contribution < 1.29 is 32.8 Å². The van der Waals surface area contributed by atoms with Crippen molar-refractivity contribution in [3.05, 3.63) is 60.8 Å². The van der Waals surface area contributed by atoms with Crippen molar-refractivity contribution >= 4 is 13.8 Å². The first-order valence-corrected chi connectivity index (χ1v) is 23.3. The summed E-state index contributed by atoms with van der Waals surface area (Å²) in [7, 11) is -4.28. The molecule has 0 aromatic rings. The molecule has 3 N–H and O–H groups in total. The van der Waals surface area contributed by atoms with Crippen molar-refractivity contribution in [2.24, 2.45) is 5.73 Å². The SMILES string of the molecule is CC/C=C\C/C=C\C/C=C\C/C=C\CCCCCCCCC(=O)OC(COCCCCCCCC/C=C\CCCCCCCC)COP(=O)(O)OCCN. The molecule has 314 valence electrons. The highest BCUT2D eigenvalue weighted by Crippen LogP contribution is 2.43. The summed E-state index contributed by atoms with van der Waals surface area (Å²) in [5.41, 5.74) is 5.37. The molecule has 0 saturated carbocycles. The van der Waals surface area contributed by atoms with Crippen LogP contribution in [0.4, 0.5) is 0 Å². The Morgan fingerprint density at radius 1 is 0.574 bits per heavy atom. The van der Waals surface area contributed by atoms with Crippen molar-refractivity contribution in [1.82, 2.24) is 0 Å². The molecule has 0 radical (unpaired) electrons. The van der Waals surface area contributed by atoms with Gasteiger partial charge in [-0.25, -0.2) is 4.57 Å². The van der Waals surface area contributed by atoms with Crippen LogP contribution in [0, 0.1) is 0 Å². The first-order valence-electron chi connectivity index (χ1n) is 21.8. The Hall–Kier alpha value is -1.80. The van der Waals surface area contributed by atoms with E-state index in [2.05, 4.69) is 74.6 Å². The molecule has 0 aromatic heterocycles. The smallest absolute Gasteiger partial charge is 0.457 e. The summed E-state index contributed by atoms with van der Waals surface area (Å²) in [5, 5.41) is 0. The number of hydrogen-bond acceptors (Lipinski definition) is 7. The van der Waals surface area contributed by atoms with Gasteiger partial charge in [-0.05, 0) is 77.0 Å². The molecule has 0 bridgehead atoms. The Morgan fingerprint density at radius 3 is 1.57 bits per heavy atom. The van der Waals surface area contributed by atoms with Gasteiger partial charge in [-0.2, -0.15) is 0 Å². The summed E-state index contributed by atoms with van der Waals surface area (Å²) in [6, 6.07) is 0. The van der Waals surface area contributed by atoms with Crippen molar-refractivity contribution in [3.63, 3.8) is 0 Å². The molecule has 0 amide bonds. The summed E-state index contributed by atoms with van der Waals surface area (Å²) >= 11 is 0. The zero-order valence-electron chi connectivity index (χ0n) is 34.7. The van der Waals surface area contributed by atoms with Crippen LogP contribution in [-0.4, -0.2) is 49.9 Å². The molecule has 8 nitrogen and oxygen atoms in total. The highest BCUT2D eigenvalue weighted by Gasteiger charge is 2.25. The number of rotatable bonds is 41. The van der Waals surface area contributed by atoms with Gasteiger partial charge in [0, 0.05) is 19.6 Å². The Balaban J connectivity index is 4.08. The molecule has 0 spiro atoms. The van der Waals surface area contributed by atoms with Crippen LogP contribution in [-0.2, 0) is 27.9 Å². The van der Waals surface area contributed by atoms with Gasteiger partial charge >= 0.3 is 13.8 Å². The second kappa shape index (κ2) is 42.3. The maximum absolute atomic E-state index is 12.6. The van der Waals surface area contributed by atoms with E-state index in [-0.39, 0.29) is 32.3 Å². The monoisotopic (exact) mass is 780 g/mol. The van der Waals surface area contributed by atoms with E-state index in [0.717, 1.165) is 70.6 Å². The number of phosphoric acid groups is 1. The van der Waals surface area contributed by atoms with Crippen LogP contribution in [0.15, 0.2) is 60.8 Å². The third-order valence-electron chi connectivity index (χ3n) is 8.92. The molecule has 9 heteroatoms. The minimum atomic E-state index is -4.28. The Bertz CT molecular complexity index is 1010. The predicted molar refractivity (Wildman–Crippen MR) is 229 cm³/mol. The van der Waals surface area contributed by atoms with Gasteiger partial charge in [-0.15, -0.1) is 0 Å². The molecule has 2 atom stereocenters. The molecule has 0 aliphatic carbocycles. The van der Waals surface area contributed by atoms with Gasteiger partial charge in [0.2, 0.25) is 0 Å². The van der Waals surface area contributed by atoms with Gasteiger partial charge < -0.3 is 20.1 Å². The topological polar surface area (TPSA) is 117 Å². The number of esters is 1. The summed E-state index contributed by atoms with van der Waals surface area (Å²) < 4.78 is 33.4. The summed E-state index contributed by atoms with van der Waals surface area (Å²) in [4.78, 5) is 22.5. The van der Waals surface area contributed by atoms with Gasteiger partial charge in [0.1, 0.15) is 6.10 Å². The van der Waals surface area contributed by atoms with Crippen molar-refractivity contribution in [2.45, 2.75) is 187 Å². The van der Waals surface area contributed by atoms with Gasteiger partial charge in [-0.1, -0.05) is 158 Å². The van der Waals surface area contributed by atoms with E-state index in [0.29, 0.717) is 13.0 Å². The number of phosphoric ester groups is 1. The lowest BCUT2D eigenvalue weighted by Gasteiger charge is -2.20. The third kappa shape index (κ3) is 41.4. The molecular formula is C45H82NO7P. The van der Waals surface area contributed by atoms with Gasteiger partial charge in [0.25, 0.3) is 0 Å². The fourth-order valence-electron chi connectivity index (χ4n) is 5.75. The lowest BCUT2D eigenvalue weighted by molar-refractivity contribution is -0.154. The van der Waals surface area contributed by atoms with Crippen molar-refractivity contribution in [3.8, 4) is 0 Å². The number of ether oxygens (including phenoxy) is 2. The van der Waals surface area contributed by atoms with E-state index < -0.39 is 13.9 Å². The molecular weight excluding hydrogens is 697 g/mol. The van der Waals surface area contributed by atoms with Gasteiger partial charge in [0.15, 0.2) is 0 Å². The molecule has 54 heavy (non-hydrogen) atoms. The molecule has 0 aliphatic heterocycles.